The highest BCUT2D eigenvalue weighted by Gasteiger charge is 2.32. The van der Waals surface area contributed by atoms with Crippen LogP contribution in [-0.4, -0.2) is 75.7 Å². The Kier molecular flexibility index (Phi) is 12.3. The normalized spacial score (nSPS) is 15.3. The monoisotopic (exact) mass is 551 g/mol. The average Bonchev–Trinajstić information content (AvgIpc) is 3.30. The Labute approximate surface area is 226 Å². The van der Waals surface area contributed by atoms with Crippen LogP contribution in [0.3, 0.4) is 0 Å². The van der Waals surface area contributed by atoms with Crippen LogP contribution in [0.5, 0.6) is 0 Å². The number of H-pyrrole nitrogens is 1. The van der Waals surface area contributed by atoms with E-state index in [9.17, 15) is 24.3 Å². The molecule has 2 aromatic rings. The molecule has 204 valence electrons. The van der Waals surface area contributed by atoms with Crippen LogP contribution >= 0.6 is 24.4 Å². The van der Waals surface area contributed by atoms with E-state index in [0.717, 1.165) is 16.5 Å². The minimum Gasteiger partial charge on any atom is -0.480 e. The number of benzene rings is 1. The van der Waals surface area contributed by atoms with Crippen LogP contribution < -0.4 is 21.7 Å². The number of para-hydroxylation sites is 1. The maximum Gasteiger partial charge on any atom is 0.326 e. The Morgan fingerprint density at radius 3 is 2.35 bits per heavy atom. The molecule has 5 unspecified atom stereocenters. The van der Waals surface area contributed by atoms with Gasteiger partial charge in [0.05, 0.1) is 6.04 Å². The first-order valence-corrected chi connectivity index (χ1v) is 14.2. The van der Waals surface area contributed by atoms with Crippen molar-refractivity contribution in [2.75, 3.05) is 17.8 Å². The number of nitrogens with two attached hydrogens (primary N) is 1. The number of amides is 3. The number of aromatic amines is 1. The van der Waals surface area contributed by atoms with Gasteiger partial charge in [-0.15, -0.1) is 0 Å². The molecule has 7 N–H and O–H groups in total. The Morgan fingerprint density at radius 1 is 1.08 bits per heavy atom. The summed E-state index contributed by atoms with van der Waals surface area (Å²) in [4.78, 5) is 54.0. The quantitative estimate of drug-likeness (QED) is 0.164. The molecular weight excluding hydrogens is 514 g/mol. The number of rotatable bonds is 15. The number of aromatic nitrogens is 1. The predicted octanol–water partition coefficient (Wildman–Crippen LogP) is 1.31. The second kappa shape index (κ2) is 14.9. The molecule has 37 heavy (non-hydrogen) atoms. The van der Waals surface area contributed by atoms with Crippen molar-refractivity contribution in [3.63, 3.8) is 0 Å². The number of carboxylic acid groups (broad SMARTS) is 1. The van der Waals surface area contributed by atoms with Crippen molar-refractivity contribution < 1.29 is 24.3 Å². The third-order valence-electron chi connectivity index (χ3n) is 6.29. The number of hydrogen-bond donors (Lipinski definition) is 7. The molecule has 0 aliphatic carbocycles. The SMILES string of the molecule is CCC(C)C(NC(=O)C(Cc1c[nH]c2ccccc12)NC(=O)C(CCSC)NC(=O)C(N)CS)C(=O)O. The summed E-state index contributed by atoms with van der Waals surface area (Å²) in [7, 11) is 0. The fraction of sp³-hybridized carbons (Fsp3) is 0.520. The van der Waals surface area contributed by atoms with E-state index >= 15 is 0 Å². The first-order valence-electron chi connectivity index (χ1n) is 12.2. The molecular formula is C25H37N5O5S2. The molecule has 0 radical (unpaired) electrons. The minimum atomic E-state index is -1.15. The molecule has 5 atom stereocenters. The Morgan fingerprint density at radius 2 is 1.73 bits per heavy atom. The zero-order valence-corrected chi connectivity index (χ0v) is 23.0. The molecule has 0 spiro atoms. The lowest BCUT2D eigenvalue weighted by Crippen LogP contribution is -2.58. The zero-order chi connectivity index (χ0) is 27.5. The van der Waals surface area contributed by atoms with Gasteiger partial charge in [-0.05, 0) is 36.0 Å². The van der Waals surface area contributed by atoms with Gasteiger partial charge in [0.1, 0.15) is 18.1 Å². The fourth-order valence-electron chi connectivity index (χ4n) is 3.81. The maximum absolute atomic E-state index is 13.4. The van der Waals surface area contributed by atoms with Crippen molar-refractivity contribution in [1.29, 1.82) is 0 Å². The molecule has 0 bridgehead atoms. The molecule has 2 rings (SSSR count). The third-order valence-corrected chi connectivity index (χ3v) is 7.32. The average molecular weight is 552 g/mol. The van der Waals surface area contributed by atoms with Gasteiger partial charge in [0, 0.05) is 29.3 Å². The van der Waals surface area contributed by atoms with Crippen molar-refractivity contribution in [2.24, 2.45) is 11.7 Å². The fourth-order valence-corrected chi connectivity index (χ4v) is 4.44. The van der Waals surface area contributed by atoms with Crippen molar-refractivity contribution >= 4 is 59.0 Å². The number of nitrogens with one attached hydrogen (secondary N) is 4. The van der Waals surface area contributed by atoms with Gasteiger partial charge < -0.3 is 31.8 Å². The third kappa shape index (κ3) is 8.68. The molecule has 0 saturated carbocycles. The van der Waals surface area contributed by atoms with Gasteiger partial charge in [-0.25, -0.2) is 4.79 Å². The molecule has 3 amide bonds. The topological polar surface area (TPSA) is 166 Å². The van der Waals surface area contributed by atoms with Gasteiger partial charge in [0.15, 0.2) is 0 Å². The van der Waals surface area contributed by atoms with Crippen LogP contribution in [0.2, 0.25) is 0 Å². The maximum atomic E-state index is 13.4. The van der Waals surface area contributed by atoms with E-state index < -0.39 is 47.9 Å². The number of thioether (sulfide) groups is 1. The summed E-state index contributed by atoms with van der Waals surface area (Å²) in [6.07, 6.45) is 4.63. The van der Waals surface area contributed by atoms with Crippen LogP contribution in [0.4, 0.5) is 0 Å². The largest absolute Gasteiger partial charge is 0.480 e. The number of hydrogen-bond acceptors (Lipinski definition) is 7. The summed E-state index contributed by atoms with van der Waals surface area (Å²) in [5, 5.41) is 18.6. The van der Waals surface area contributed by atoms with E-state index in [0.29, 0.717) is 18.6 Å². The van der Waals surface area contributed by atoms with E-state index in [1.54, 1.807) is 13.1 Å². The standard InChI is InChI=1S/C25H37N5O5S2/c1-4-14(2)21(25(34)35)30-24(33)20(11-15-12-27-18-8-6-5-7-16(15)18)29-23(32)19(9-10-37-3)28-22(31)17(26)13-36/h5-8,12,14,17,19-21,27,36H,4,9-11,13,26H2,1-3H3,(H,28,31)(H,29,32)(H,30,33)(H,34,35). The molecule has 0 aliphatic rings. The minimum absolute atomic E-state index is 0.112. The number of thiol groups is 1. The highest BCUT2D eigenvalue weighted by atomic mass is 32.2. The first kappa shape index (κ1) is 30.5. The lowest BCUT2D eigenvalue weighted by molar-refractivity contribution is -0.143. The summed E-state index contributed by atoms with van der Waals surface area (Å²) in [6.45, 7) is 3.58. The molecule has 1 aromatic carbocycles. The van der Waals surface area contributed by atoms with Crippen molar-refractivity contribution in [3.8, 4) is 0 Å². The summed E-state index contributed by atoms with van der Waals surface area (Å²) < 4.78 is 0. The van der Waals surface area contributed by atoms with Gasteiger partial charge in [0.25, 0.3) is 0 Å². The highest BCUT2D eigenvalue weighted by Crippen LogP contribution is 2.20. The summed E-state index contributed by atoms with van der Waals surface area (Å²) in [6, 6.07) is 3.55. The number of carbonyl (C=O) groups excluding carboxylic acids is 3. The molecule has 0 saturated heterocycles. The number of fused-ring (bicyclic) bond motifs is 1. The van der Waals surface area contributed by atoms with Gasteiger partial charge in [-0.2, -0.15) is 24.4 Å². The van der Waals surface area contributed by atoms with Crippen LogP contribution in [0.25, 0.3) is 10.9 Å². The van der Waals surface area contributed by atoms with Crippen LogP contribution in [-0.2, 0) is 25.6 Å². The number of carbonyl (C=O) groups is 4. The number of aliphatic carboxylic acids is 1. The molecule has 1 heterocycles. The molecule has 12 heteroatoms. The Hall–Kier alpha value is -2.70. The van der Waals surface area contributed by atoms with E-state index in [1.807, 2.05) is 37.4 Å². The summed E-state index contributed by atoms with van der Waals surface area (Å²) in [5.74, 6) is -2.45. The number of carboxylic acids is 1. The predicted molar refractivity (Wildman–Crippen MR) is 150 cm³/mol. The zero-order valence-electron chi connectivity index (χ0n) is 21.3. The van der Waals surface area contributed by atoms with Gasteiger partial charge in [-0.3, -0.25) is 14.4 Å². The molecule has 1 aromatic heterocycles. The summed E-state index contributed by atoms with van der Waals surface area (Å²) >= 11 is 5.55. The van der Waals surface area contributed by atoms with Gasteiger partial charge in [-0.1, -0.05) is 38.5 Å². The van der Waals surface area contributed by atoms with Crippen LogP contribution in [0.15, 0.2) is 30.5 Å². The second-order valence-electron chi connectivity index (χ2n) is 8.97. The second-order valence-corrected chi connectivity index (χ2v) is 10.3. The van der Waals surface area contributed by atoms with E-state index in [2.05, 4.69) is 33.6 Å². The van der Waals surface area contributed by atoms with E-state index in [-0.39, 0.29) is 18.1 Å². The van der Waals surface area contributed by atoms with Crippen LogP contribution in [0, 0.1) is 5.92 Å². The Bertz CT molecular complexity index is 1080. The molecule has 10 nitrogen and oxygen atoms in total. The lowest BCUT2D eigenvalue weighted by atomic mass is 9.98. The van der Waals surface area contributed by atoms with E-state index in [4.69, 9.17) is 5.73 Å². The molecule has 0 fully saturated rings. The highest BCUT2D eigenvalue weighted by molar-refractivity contribution is 7.98. The van der Waals surface area contributed by atoms with Gasteiger partial charge in [0.2, 0.25) is 17.7 Å². The van der Waals surface area contributed by atoms with E-state index in [1.165, 1.54) is 11.8 Å². The van der Waals surface area contributed by atoms with Crippen LogP contribution in [0.1, 0.15) is 32.3 Å². The smallest absolute Gasteiger partial charge is 0.326 e. The van der Waals surface area contributed by atoms with Crippen molar-refractivity contribution in [2.45, 2.75) is 57.3 Å². The lowest BCUT2D eigenvalue weighted by Gasteiger charge is -2.26. The van der Waals surface area contributed by atoms with Crippen molar-refractivity contribution in [3.05, 3.63) is 36.0 Å². The summed E-state index contributed by atoms with van der Waals surface area (Å²) in [5.41, 5.74) is 7.42. The van der Waals surface area contributed by atoms with Crippen molar-refractivity contribution in [1.82, 2.24) is 20.9 Å². The molecule has 0 aliphatic heterocycles. The van der Waals surface area contributed by atoms with Gasteiger partial charge >= 0.3 is 5.97 Å². The first-order chi connectivity index (χ1) is 17.6. The Balaban J connectivity index is 2.33.